The predicted octanol–water partition coefficient (Wildman–Crippen LogP) is 6.16. The lowest BCUT2D eigenvalue weighted by Crippen LogP contribution is -2.28. The van der Waals surface area contributed by atoms with E-state index in [2.05, 4.69) is 18.3 Å². The fourth-order valence-electron chi connectivity index (χ4n) is 4.72. The summed E-state index contributed by atoms with van der Waals surface area (Å²) in [4.78, 5) is 0.822. The van der Waals surface area contributed by atoms with Crippen LogP contribution in [0.3, 0.4) is 0 Å². The summed E-state index contributed by atoms with van der Waals surface area (Å²) >= 11 is 1.18. The van der Waals surface area contributed by atoms with Crippen LogP contribution in [-0.2, 0) is 16.6 Å². The topological polar surface area (TPSA) is 85.3 Å². The Hall–Kier alpha value is -1.93. The third kappa shape index (κ3) is 5.70. The summed E-state index contributed by atoms with van der Waals surface area (Å²) in [5, 5.41) is 9.27. The zero-order valence-corrected chi connectivity index (χ0v) is 20.2. The van der Waals surface area contributed by atoms with E-state index in [-0.39, 0.29) is 4.21 Å². The molecule has 5 nitrogen and oxygen atoms in total. The molecule has 2 aromatic heterocycles. The van der Waals surface area contributed by atoms with Gasteiger partial charge >= 0.3 is 0 Å². The maximum atomic E-state index is 12.4. The van der Waals surface area contributed by atoms with Crippen molar-refractivity contribution in [3.63, 3.8) is 0 Å². The number of hydrogen-bond donors (Lipinski definition) is 2. The molecule has 7 heteroatoms. The summed E-state index contributed by atoms with van der Waals surface area (Å²) in [5.41, 5.74) is 3.47. The second kappa shape index (κ2) is 10.3. The van der Waals surface area contributed by atoms with Crippen molar-refractivity contribution in [3.8, 4) is 21.6 Å². The molecule has 1 aromatic carbocycles. The maximum absolute atomic E-state index is 12.4. The first-order valence-electron chi connectivity index (χ1n) is 11.4. The van der Waals surface area contributed by atoms with Gasteiger partial charge in [0.1, 0.15) is 4.21 Å². The minimum absolute atomic E-state index is 0.188. The van der Waals surface area contributed by atoms with E-state index < -0.39 is 10.0 Å². The van der Waals surface area contributed by atoms with Gasteiger partial charge in [-0.3, -0.25) is 0 Å². The third-order valence-corrected chi connectivity index (χ3v) is 9.03. The summed E-state index contributed by atoms with van der Waals surface area (Å²) in [6.45, 7) is 2.94. The molecule has 2 heterocycles. The van der Waals surface area contributed by atoms with E-state index in [0.717, 1.165) is 27.5 Å². The first-order chi connectivity index (χ1) is 15.4. The first kappa shape index (κ1) is 23.2. The summed E-state index contributed by atoms with van der Waals surface area (Å²) < 4.78 is 30.1. The SMILES string of the molecule is C[C@@H](CC1CCCCCC1)NCc1ccccc1-c1cc(-c2ccoc2)sc1S(N)(=O)=O. The highest BCUT2D eigenvalue weighted by Gasteiger charge is 2.23. The molecule has 0 aliphatic heterocycles. The van der Waals surface area contributed by atoms with Gasteiger partial charge in [-0.1, -0.05) is 62.8 Å². The number of sulfonamides is 1. The van der Waals surface area contributed by atoms with Crippen LogP contribution in [0.4, 0.5) is 0 Å². The standard InChI is InChI=1S/C25H32N2O3S2/c1-18(14-19-8-4-2-3-5-9-19)27-16-20-10-6-7-11-22(20)23-15-24(21-12-13-30-17-21)31-25(23)32(26,28)29/h6-7,10-13,15,17-19,27H,2-5,8-9,14,16H2,1H3,(H2,26,28,29)/t18-/m0/s1. The average Bonchev–Trinajstić information content (AvgIpc) is 3.38. The Morgan fingerprint density at radius 2 is 1.88 bits per heavy atom. The van der Waals surface area contributed by atoms with Gasteiger partial charge in [0.15, 0.2) is 0 Å². The smallest absolute Gasteiger partial charge is 0.248 e. The Labute approximate surface area is 195 Å². The van der Waals surface area contributed by atoms with Crippen molar-refractivity contribution in [2.75, 3.05) is 0 Å². The number of rotatable bonds is 8. The highest BCUT2D eigenvalue weighted by molar-refractivity contribution is 7.91. The second-order valence-electron chi connectivity index (χ2n) is 8.90. The lowest BCUT2D eigenvalue weighted by Gasteiger charge is -2.21. The molecule has 0 radical (unpaired) electrons. The van der Waals surface area contributed by atoms with E-state index in [0.29, 0.717) is 18.2 Å². The molecule has 1 atom stereocenters. The number of hydrogen-bond acceptors (Lipinski definition) is 5. The Morgan fingerprint density at radius 3 is 2.56 bits per heavy atom. The molecular weight excluding hydrogens is 440 g/mol. The second-order valence-corrected chi connectivity index (χ2v) is 11.7. The molecule has 0 bridgehead atoms. The van der Waals surface area contributed by atoms with E-state index in [4.69, 9.17) is 9.56 Å². The fraction of sp³-hybridized carbons (Fsp3) is 0.440. The molecule has 1 saturated carbocycles. The molecular formula is C25H32N2O3S2. The quantitative estimate of drug-likeness (QED) is 0.384. The minimum Gasteiger partial charge on any atom is -0.472 e. The van der Waals surface area contributed by atoms with Gasteiger partial charge in [0.2, 0.25) is 10.0 Å². The van der Waals surface area contributed by atoms with Crippen LogP contribution in [0.15, 0.2) is 57.6 Å². The van der Waals surface area contributed by atoms with Crippen LogP contribution in [0.2, 0.25) is 0 Å². The highest BCUT2D eigenvalue weighted by Crippen LogP contribution is 2.41. The third-order valence-electron chi connectivity index (χ3n) is 6.37. The molecule has 172 valence electrons. The van der Waals surface area contributed by atoms with Crippen molar-refractivity contribution in [1.29, 1.82) is 0 Å². The summed E-state index contributed by atoms with van der Waals surface area (Å²) in [5.74, 6) is 0.804. The van der Waals surface area contributed by atoms with Gasteiger partial charge in [-0.15, -0.1) is 11.3 Å². The van der Waals surface area contributed by atoms with Crippen molar-refractivity contribution >= 4 is 21.4 Å². The van der Waals surface area contributed by atoms with Crippen LogP contribution in [0.1, 0.15) is 57.4 Å². The number of nitrogens with one attached hydrogen (secondary N) is 1. The highest BCUT2D eigenvalue weighted by atomic mass is 32.2. The van der Waals surface area contributed by atoms with Crippen molar-refractivity contribution in [2.24, 2.45) is 11.1 Å². The van der Waals surface area contributed by atoms with E-state index in [1.165, 1.54) is 56.3 Å². The largest absolute Gasteiger partial charge is 0.472 e. The Morgan fingerprint density at radius 1 is 1.12 bits per heavy atom. The van der Waals surface area contributed by atoms with Gasteiger partial charge < -0.3 is 9.73 Å². The monoisotopic (exact) mass is 472 g/mol. The molecule has 1 fully saturated rings. The minimum atomic E-state index is -3.86. The van der Waals surface area contributed by atoms with Crippen LogP contribution < -0.4 is 10.5 Å². The normalized spacial score (nSPS) is 16.7. The van der Waals surface area contributed by atoms with Crippen LogP contribution in [0.25, 0.3) is 21.6 Å². The van der Waals surface area contributed by atoms with Crippen LogP contribution >= 0.6 is 11.3 Å². The van der Waals surface area contributed by atoms with E-state index >= 15 is 0 Å². The van der Waals surface area contributed by atoms with Crippen LogP contribution in [0, 0.1) is 5.92 Å². The molecule has 0 amide bonds. The van der Waals surface area contributed by atoms with Gasteiger partial charge in [0.25, 0.3) is 0 Å². The number of furan rings is 1. The summed E-state index contributed by atoms with van der Waals surface area (Å²) in [7, 11) is -3.86. The lowest BCUT2D eigenvalue weighted by molar-refractivity contribution is 0.363. The number of benzene rings is 1. The average molecular weight is 473 g/mol. The van der Waals surface area contributed by atoms with E-state index in [1.54, 1.807) is 12.5 Å². The number of thiophene rings is 1. The van der Waals surface area contributed by atoms with Crippen molar-refractivity contribution in [2.45, 2.75) is 68.7 Å². The molecule has 32 heavy (non-hydrogen) atoms. The fourth-order valence-corrected chi connectivity index (χ4v) is 6.82. The first-order valence-corrected chi connectivity index (χ1v) is 13.8. The molecule has 0 unspecified atom stereocenters. The van der Waals surface area contributed by atoms with E-state index in [1.807, 2.05) is 30.3 Å². The molecule has 1 aliphatic carbocycles. The van der Waals surface area contributed by atoms with Gasteiger partial charge in [-0.25, -0.2) is 13.6 Å². The molecule has 0 saturated heterocycles. The van der Waals surface area contributed by atoms with Gasteiger partial charge in [-0.2, -0.15) is 0 Å². The number of nitrogens with two attached hydrogens (primary N) is 1. The van der Waals surface area contributed by atoms with Crippen LogP contribution in [-0.4, -0.2) is 14.5 Å². The van der Waals surface area contributed by atoms with Crippen LogP contribution in [0.5, 0.6) is 0 Å². The Bertz CT molecular complexity index is 1110. The molecule has 3 N–H and O–H groups in total. The van der Waals surface area contributed by atoms with Crippen molar-refractivity contribution in [1.82, 2.24) is 5.32 Å². The number of primary sulfonamides is 1. The van der Waals surface area contributed by atoms with Gasteiger partial charge in [-0.05, 0) is 42.5 Å². The summed E-state index contributed by atoms with van der Waals surface area (Å²) in [6.07, 6.45) is 12.5. The lowest BCUT2D eigenvalue weighted by atomic mass is 9.93. The molecule has 1 aliphatic rings. The van der Waals surface area contributed by atoms with Gasteiger partial charge in [0.05, 0.1) is 12.5 Å². The Kier molecular flexibility index (Phi) is 7.51. The van der Waals surface area contributed by atoms with Crippen molar-refractivity contribution in [3.05, 3.63) is 54.5 Å². The predicted molar refractivity (Wildman–Crippen MR) is 131 cm³/mol. The molecule has 4 rings (SSSR count). The molecule has 0 spiro atoms. The zero-order valence-electron chi connectivity index (χ0n) is 18.5. The van der Waals surface area contributed by atoms with Crippen molar-refractivity contribution < 1.29 is 12.8 Å². The molecule has 3 aromatic rings. The Balaban J connectivity index is 1.56. The zero-order chi connectivity index (χ0) is 22.6. The maximum Gasteiger partial charge on any atom is 0.248 e. The van der Waals surface area contributed by atoms with E-state index in [9.17, 15) is 8.42 Å². The van der Waals surface area contributed by atoms with Gasteiger partial charge in [0, 0.05) is 28.6 Å². The summed E-state index contributed by atoms with van der Waals surface area (Å²) in [6, 6.07) is 12.1.